The smallest absolute Gasteiger partial charge is 0.237 e. The first-order valence-corrected chi connectivity index (χ1v) is 8.34. The number of fused-ring (bicyclic) bond motifs is 1. The Hall–Kier alpha value is -2.30. The largest absolute Gasteiger partial charge is 0.361 e. The van der Waals surface area contributed by atoms with E-state index in [4.69, 9.17) is 17.3 Å². The van der Waals surface area contributed by atoms with E-state index in [0.717, 1.165) is 28.5 Å². The van der Waals surface area contributed by atoms with Crippen molar-refractivity contribution in [1.29, 1.82) is 0 Å². The van der Waals surface area contributed by atoms with Crippen molar-refractivity contribution < 1.29 is 4.79 Å². The van der Waals surface area contributed by atoms with Gasteiger partial charge in [-0.15, -0.1) is 0 Å². The molecule has 1 heterocycles. The third-order valence-corrected chi connectivity index (χ3v) is 4.33. The Kier molecular flexibility index (Phi) is 5.18. The van der Waals surface area contributed by atoms with E-state index in [-0.39, 0.29) is 5.91 Å². The fourth-order valence-electron chi connectivity index (χ4n) is 2.74. The molecule has 0 aliphatic rings. The zero-order valence-corrected chi connectivity index (χ0v) is 14.0. The summed E-state index contributed by atoms with van der Waals surface area (Å²) in [6.07, 6.45) is 3.19. The number of nitrogens with two attached hydrogens (primary N) is 1. The van der Waals surface area contributed by atoms with Crippen LogP contribution in [-0.2, 0) is 17.6 Å². The molecule has 4 nitrogen and oxygen atoms in total. The van der Waals surface area contributed by atoms with Crippen LogP contribution in [0.15, 0.2) is 54.7 Å². The van der Waals surface area contributed by atoms with Gasteiger partial charge in [-0.3, -0.25) is 4.79 Å². The monoisotopic (exact) mass is 341 g/mol. The van der Waals surface area contributed by atoms with Gasteiger partial charge in [0.1, 0.15) is 0 Å². The lowest BCUT2D eigenvalue weighted by molar-refractivity contribution is -0.122. The number of halogens is 1. The molecule has 1 atom stereocenters. The fraction of sp³-hybridized carbons (Fsp3) is 0.211. The van der Waals surface area contributed by atoms with Crippen molar-refractivity contribution in [1.82, 2.24) is 10.3 Å². The van der Waals surface area contributed by atoms with Gasteiger partial charge in [-0.05, 0) is 42.2 Å². The summed E-state index contributed by atoms with van der Waals surface area (Å²) < 4.78 is 0. The number of para-hydroxylation sites is 1. The Morgan fingerprint density at radius 2 is 1.92 bits per heavy atom. The van der Waals surface area contributed by atoms with Crippen LogP contribution in [0.25, 0.3) is 10.9 Å². The summed E-state index contributed by atoms with van der Waals surface area (Å²) in [6, 6.07) is 15.1. The number of rotatable bonds is 6. The van der Waals surface area contributed by atoms with Crippen molar-refractivity contribution >= 4 is 28.4 Å². The molecule has 5 heteroatoms. The highest BCUT2D eigenvalue weighted by atomic mass is 35.5. The molecule has 3 aromatic rings. The maximum absolute atomic E-state index is 12.2. The molecule has 1 aromatic heterocycles. The molecule has 0 aliphatic heterocycles. The number of hydrogen-bond donors (Lipinski definition) is 3. The first-order valence-electron chi connectivity index (χ1n) is 7.96. The number of aromatic amines is 1. The highest BCUT2D eigenvalue weighted by Gasteiger charge is 2.15. The van der Waals surface area contributed by atoms with Crippen molar-refractivity contribution in [3.8, 4) is 0 Å². The first kappa shape index (κ1) is 16.6. The summed E-state index contributed by atoms with van der Waals surface area (Å²) in [5.41, 5.74) is 9.30. The highest BCUT2D eigenvalue weighted by molar-refractivity contribution is 6.30. The summed E-state index contributed by atoms with van der Waals surface area (Å²) in [5.74, 6) is -0.130. The van der Waals surface area contributed by atoms with E-state index in [1.165, 1.54) is 0 Å². The van der Waals surface area contributed by atoms with Crippen molar-refractivity contribution in [2.24, 2.45) is 5.73 Å². The maximum atomic E-state index is 12.2. The zero-order chi connectivity index (χ0) is 16.9. The van der Waals surface area contributed by atoms with Crippen LogP contribution in [0.2, 0.25) is 5.02 Å². The second-order valence-corrected chi connectivity index (χ2v) is 6.27. The standard InChI is InChI=1S/C19H20ClN3O/c20-15-7-5-13(6-8-15)9-10-22-19(24)17(21)11-14-12-23-18-4-2-1-3-16(14)18/h1-8,12,17,23H,9-11,21H2,(H,22,24)/t17-/m0/s1. The lowest BCUT2D eigenvalue weighted by atomic mass is 10.0. The molecule has 0 unspecified atom stereocenters. The minimum absolute atomic E-state index is 0.130. The molecular formula is C19H20ClN3O. The average molecular weight is 342 g/mol. The second kappa shape index (κ2) is 7.51. The first-order chi connectivity index (χ1) is 11.6. The van der Waals surface area contributed by atoms with Gasteiger partial charge in [0.15, 0.2) is 0 Å². The Morgan fingerprint density at radius 1 is 1.17 bits per heavy atom. The topological polar surface area (TPSA) is 70.9 Å². The molecule has 24 heavy (non-hydrogen) atoms. The lowest BCUT2D eigenvalue weighted by Gasteiger charge is -2.12. The molecule has 0 radical (unpaired) electrons. The van der Waals surface area contributed by atoms with E-state index < -0.39 is 6.04 Å². The van der Waals surface area contributed by atoms with Crippen LogP contribution in [0.4, 0.5) is 0 Å². The Morgan fingerprint density at radius 3 is 2.71 bits per heavy atom. The average Bonchev–Trinajstić information content (AvgIpc) is 3.00. The van der Waals surface area contributed by atoms with Crippen molar-refractivity contribution in [2.75, 3.05) is 6.54 Å². The van der Waals surface area contributed by atoms with Gasteiger partial charge in [-0.25, -0.2) is 0 Å². The lowest BCUT2D eigenvalue weighted by Crippen LogP contribution is -2.42. The number of amides is 1. The summed E-state index contributed by atoms with van der Waals surface area (Å²) in [5, 5.41) is 4.72. The number of carbonyl (C=O) groups is 1. The van der Waals surface area contributed by atoms with Gasteiger partial charge in [0.05, 0.1) is 6.04 Å². The quantitative estimate of drug-likeness (QED) is 0.645. The molecule has 0 fully saturated rings. The van der Waals surface area contributed by atoms with Crippen molar-refractivity contribution in [3.05, 3.63) is 70.9 Å². The van der Waals surface area contributed by atoms with E-state index in [2.05, 4.69) is 10.3 Å². The van der Waals surface area contributed by atoms with Gasteiger partial charge in [0.2, 0.25) is 5.91 Å². The molecule has 0 saturated heterocycles. The predicted molar refractivity (Wildman–Crippen MR) is 98.1 cm³/mol. The van der Waals surface area contributed by atoms with E-state index in [1.54, 1.807) is 0 Å². The molecule has 0 saturated carbocycles. The SMILES string of the molecule is N[C@@H](Cc1c[nH]c2ccccc12)C(=O)NCCc1ccc(Cl)cc1. The Balaban J connectivity index is 1.52. The molecule has 0 aliphatic carbocycles. The summed E-state index contributed by atoms with van der Waals surface area (Å²) in [4.78, 5) is 15.4. The highest BCUT2D eigenvalue weighted by Crippen LogP contribution is 2.18. The number of benzene rings is 2. The van der Waals surface area contributed by atoms with Crippen LogP contribution in [-0.4, -0.2) is 23.5 Å². The molecule has 4 N–H and O–H groups in total. The molecule has 2 aromatic carbocycles. The van der Waals surface area contributed by atoms with E-state index >= 15 is 0 Å². The normalized spacial score (nSPS) is 12.2. The van der Waals surface area contributed by atoms with Crippen LogP contribution in [0.1, 0.15) is 11.1 Å². The predicted octanol–water partition coefficient (Wildman–Crippen LogP) is 3.05. The zero-order valence-electron chi connectivity index (χ0n) is 13.3. The summed E-state index contributed by atoms with van der Waals surface area (Å²) >= 11 is 5.86. The minimum Gasteiger partial charge on any atom is -0.361 e. The van der Waals surface area contributed by atoms with Gasteiger partial charge in [-0.1, -0.05) is 41.9 Å². The van der Waals surface area contributed by atoms with E-state index in [1.807, 2.05) is 54.7 Å². The van der Waals surface area contributed by atoms with Crippen LogP contribution >= 0.6 is 11.6 Å². The van der Waals surface area contributed by atoms with Gasteiger partial charge < -0.3 is 16.0 Å². The third-order valence-electron chi connectivity index (χ3n) is 4.08. The number of carbonyl (C=O) groups excluding carboxylic acids is 1. The molecule has 1 amide bonds. The number of H-pyrrole nitrogens is 1. The summed E-state index contributed by atoms with van der Waals surface area (Å²) in [7, 11) is 0. The molecule has 0 spiro atoms. The van der Waals surface area contributed by atoms with Gasteiger partial charge >= 0.3 is 0 Å². The summed E-state index contributed by atoms with van der Waals surface area (Å²) in [6.45, 7) is 0.558. The van der Waals surface area contributed by atoms with Crippen LogP contribution in [0, 0.1) is 0 Å². The maximum Gasteiger partial charge on any atom is 0.237 e. The third kappa shape index (κ3) is 3.96. The number of nitrogens with one attached hydrogen (secondary N) is 2. The fourth-order valence-corrected chi connectivity index (χ4v) is 2.87. The van der Waals surface area contributed by atoms with Crippen molar-refractivity contribution in [3.63, 3.8) is 0 Å². The Bertz CT molecular complexity index is 826. The van der Waals surface area contributed by atoms with Crippen LogP contribution in [0.5, 0.6) is 0 Å². The molecule has 0 bridgehead atoms. The van der Waals surface area contributed by atoms with E-state index in [9.17, 15) is 4.79 Å². The van der Waals surface area contributed by atoms with E-state index in [0.29, 0.717) is 18.0 Å². The number of aromatic nitrogens is 1. The van der Waals surface area contributed by atoms with Crippen LogP contribution in [0.3, 0.4) is 0 Å². The van der Waals surface area contributed by atoms with Gasteiger partial charge in [0.25, 0.3) is 0 Å². The molecule has 124 valence electrons. The van der Waals surface area contributed by atoms with Crippen LogP contribution < -0.4 is 11.1 Å². The van der Waals surface area contributed by atoms with Gasteiger partial charge in [0, 0.05) is 28.7 Å². The minimum atomic E-state index is -0.561. The number of hydrogen-bond acceptors (Lipinski definition) is 2. The second-order valence-electron chi connectivity index (χ2n) is 5.84. The van der Waals surface area contributed by atoms with Crippen molar-refractivity contribution in [2.45, 2.75) is 18.9 Å². The molecular weight excluding hydrogens is 322 g/mol. The Labute approximate surface area is 146 Å². The van der Waals surface area contributed by atoms with Gasteiger partial charge in [-0.2, -0.15) is 0 Å². The molecule has 3 rings (SSSR count).